The quantitative estimate of drug-likeness (QED) is 0.435. The van der Waals surface area contributed by atoms with Crippen LogP contribution < -0.4 is 4.90 Å². The molecule has 33 heavy (non-hydrogen) atoms. The summed E-state index contributed by atoms with van der Waals surface area (Å²) in [6, 6.07) is 28.8. The van der Waals surface area contributed by atoms with Crippen molar-refractivity contribution in [2.24, 2.45) is 0 Å². The predicted octanol–water partition coefficient (Wildman–Crippen LogP) is 5.14. The molecule has 1 atom stereocenters. The van der Waals surface area contributed by atoms with Crippen LogP contribution in [-0.4, -0.2) is 47.2 Å². The molecule has 0 saturated carbocycles. The van der Waals surface area contributed by atoms with Gasteiger partial charge in [0.1, 0.15) is 0 Å². The highest BCUT2D eigenvalue weighted by Gasteiger charge is 2.28. The van der Waals surface area contributed by atoms with Gasteiger partial charge in [0.05, 0.1) is 11.6 Å². The van der Waals surface area contributed by atoms with E-state index in [1.807, 2.05) is 41.3 Å². The fourth-order valence-corrected chi connectivity index (χ4v) is 4.70. The second kappa shape index (κ2) is 9.41. The summed E-state index contributed by atoms with van der Waals surface area (Å²) < 4.78 is 0. The van der Waals surface area contributed by atoms with Crippen LogP contribution in [0.15, 0.2) is 84.9 Å². The van der Waals surface area contributed by atoms with Crippen LogP contribution in [0.4, 0.5) is 5.82 Å². The summed E-state index contributed by atoms with van der Waals surface area (Å²) in [5, 5.41) is 11.4. The van der Waals surface area contributed by atoms with E-state index >= 15 is 0 Å². The number of benzene rings is 3. The Labute approximate surface area is 194 Å². The van der Waals surface area contributed by atoms with Crippen LogP contribution in [0.3, 0.4) is 0 Å². The molecule has 1 saturated heterocycles. The molecule has 0 spiro atoms. The second-order valence-corrected chi connectivity index (χ2v) is 8.49. The van der Waals surface area contributed by atoms with E-state index in [1.165, 1.54) is 10.8 Å². The number of hydrogen-bond donors (Lipinski definition) is 0. The molecule has 5 rings (SSSR count). The predicted molar refractivity (Wildman–Crippen MR) is 133 cm³/mol. The zero-order valence-corrected chi connectivity index (χ0v) is 18.9. The smallest absolute Gasteiger partial charge is 0.230 e. The van der Waals surface area contributed by atoms with Crippen molar-refractivity contribution in [1.82, 2.24) is 15.1 Å². The van der Waals surface area contributed by atoms with Crippen molar-refractivity contribution in [1.29, 1.82) is 0 Å². The SMILES string of the molecule is CCC(C(=O)N1CCN(c2ccc(-c3cccc4ccccc34)nn2)CC1)c1ccccc1. The molecule has 2 heterocycles. The molecule has 0 bridgehead atoms. The molecule has 0 radical (unpaired) electrons. The van der Waals surface area contributed by atoms with Crippen molar-refractivity contribution in [3.63, 3.8) is 0 Å². The average molecular weight is 437 g/mol. The molecule has 1 aliphatic rings. The molecule has 1 amide bonds. The summed E-state index contributed by atoms with van der Waals surface area (Å²) in [6.45, 7) is 5.02. The average Bonchev–Trinajstić information content (AvgIpc) is 2.89. The second-order valence-electron chi connectivity index (χ2n) is 8.49. The highest BCUT2D eigenvalue weighted by atomic mass is 16.2. The van der Waals surface area contributed by atoms with Crippen molar-refractivity contribution in [3.8, 4) is 11.3 Å². The zero-order chi connectivity index (χ0) is 22.6. The lowest BCUT2D eigenvalue weighted by molar-refractivity contribution is -0.133. The van der Waals surface area contributed by atoms with Gasteiger partial charge < -0.3 is 9.80 Å². The Morgan fingerprint density at radius 3 is 2.27 bits per heavy atom. The van der Waals surface area contributed by atoms with Gasteiger partial charge in [-0.2, -0.15) is 0 Å². The number of nitrogens with zero attached hydrogens (tertiary/aromatic N) is 4. The number of amides is 1. The molecule has 4 aromatic rings. The maximum absolute atomic E-state index is 13.2. The van der Waals surface area contributed by atoms with Crippen LogP contribution in [-0.2, 0) is 4.79 Å². The van der Waals surface area contributed by atoms with Crippen molar-refractivity contribution >= 4 is 22.5 Å². The molecule has 0 N–H and O–H groups in total. The lowest BCUT2D eigenvalue weighted by Gasteiger charge is -2.36. The lowest BCUT2D eigenvalue weighted by Crippen LogP contribution is -2.50. The minimum atomic E-state index is -0.0717. The van der Waals surface area contributed by atoms with E-state index in [0.29, 0.717) is 13.1 Å². The van der Waals surface area contributed by atoms with Gasteiger partial charge in [-0.05, 0) is 34.9 Å². The monoisotopic (exact) mass is 436 g/mol. The fraction of sp³-hybridized carbons (Fsp3) is 0.250. The molecule has 5 heteroatoms. The van der Waals surface area contributed by atoms with Crippen molar-refractivity contribution in [2.45, 2.75) is 19.3 Å². The molecule has 3 aromatic carbocycles. The minimum Gasteiger partial charge on any atom is -0.352 e. The summed E-state index contributed by atoms with van der Waals surface area (Å²) in [5.41, 5.74) is 3.06. The molecular formula is C28H28N4O. The Balaban J connectivity index is 1.26. The number of aromatic nitrogens is 2. The maximum atomic E-state index is 13.2. The van der Waals surface area contributed by atoms with E-state index in [1.54, 1.807) is 0 Å². The Kier molecular flexibility index (Phi) is 6.03. The third-order valence-corrected chi connectivity index (χ3v) is 6.54. The van der Waals surface area contributed by atoms with Gasteiger partial charge in [0.2, 0.25) is 5.91 Å². The number of piperazine rings is 1. The van der Waals surface area contributed by atoms with Gasteiger partial charge in [-0.1, -0.05) is 79.7 Å². The number of hydrogen-bond acceptors (Lipinski definition) is 4. The van der Waals surface area contributed by atoms with Crippen LogP contribution in [0, 0.1) is 0 Å². The van der Waals surface area contributed by atoms with Gasteiger partial charge in [-0.15, -0.1) is 10.2 Å². The molecule has 1 aliphatic heterocycles. The largest absolute Gasteiger partial charge is 0.352 e. The normalized spacial score (nSPS) is 14.9. The summed E-state index contributed by atoms with van der Waals surface area (Å²) in [6.07, 6.45) is 0.810. The van der Waals surface area contributed by atoms with E-state index in [9.17, 15) is 4.79 Å². The minimum absolute atomic E-state index is 0.0717. The molecule has 1 fully saturated rings. The first kappa shape index (κ1) is 21.1. The Morgan fingerprint density at radius 2 is 1.55 bits per heavy atom. The summed E-state index contributed by atoms with van der Waals surface area (Å²) >= 11 is 0. The Hall–Kier alpha value is -3.73. The maximum Gasteiger partial charge on any atom is 0.230 e. The molecule has 1 unspecified atom stereocenters. The zero-order valence-electron chi connectivity index (χ0n) is 18.9. The van der Waals surface area contributed by atoms with E-state index < -0.39 is 0 Å². The summed E-state index contributed by atoms with van der Waals surface area (Å²) in [7, 11) is 0. The van der Waals surface area contributed by atoms with Crippen LogP contribution in [0.25, 0.3) is 22.0 Å². The van der Waals surface area contributed by atoms with Crippen LogP contribution in [0.5, 0.6) is 0 Å². The highest BCUT2D eigenvalue weighted by molar-refractivity contribution is 5.95. The van der Waals surface area contributed by atoms with Gasteiger partial charge in [-0.3, -0.25) is 4.79 Å². The topological polar surface area (TPSA) is 49.3 Å². The van der Waals surface area contributed by atoms with Gasteiger partial charge in [0.15, 0.2) is 5.82 Å². The Morgan fingerprint density at radius 1 is 0.818 bits per heavy atom. The van der Waals surface area contributed by atoms with Crippen LogP contribution in [0.1, 0.15) is 24.8 Å². The third kappa shape index (κ3) is 4.31. The van der Waals surface area contributed by atoms with Gasteiger partial charge >= 0.3 is 0 Å². The summed E-state index contributed by atoms with van der Waals surface area (Å²) in [5.74, 6) is 1.01. The lowest BCUT2D eigenvalue weighted by atomic mass is 9.95. The van der Waals surface area contributed by atoms with Crippen molar-refractivity contribution in [2.75, 3.05) is 31.1 Å². The van der Waals surface area contributed by atoms with Gasteiger partial charge in [0.25, 0.3) is 0 Å². The van der Waals surface area contributed by atoms with E-state index in [4.69, 9.17) is 0 Å². The number of anilines is 1. The van der Waals surface area contributed by atoms with Gasteiger partial charge in [0, 0.05) is 31.7 Å². The number of fused-ring (bicyclic) bond motifs is 1. The van der Waals surface area contributed by atoms with Gasteiger partial charge in [-0.25, -0.2) is 0 Å². The first-order chi connectivity index (χ1) is 16.2. The molecule has 166 valence electrons. The summed E-state index contributed by atoms with van der Waals surface area (Å²) in [4.78, 5) is 17.4. The molecule has 0 aliphatic carbocycles. The molecule has 1 aromatic heterocycles. The third-order valence-electron chi connectivity index (χ3n) is 6.54. The van der Waals surface area contributed by atoms with Crippen LogP contribution in [0.2, 0.25) is 0 Å². The Bertz CT molecular complexity index is 1230. The van der Waals surface area contributed by atoms with E-state index in [2.05, 4.69) is 70.6 Å². The fourth-order valence-electron chi connectivity index (χ4n) is 4.70. The first-order valence-corrected chi connectivity index (χ1v) is 11.6. The number of rotatable bonds is 5. The molecular weight excluding hydrogens is 408 g/mol. The van der Waals surface area contributed by atoms with Crippen molar-refractivity contribution in [3.05, 3.63) is 90.5 Å². The highest BCUT2D eigenvalue weighted by Crippen LogP contribution is 2.28. The number of carbonyl (C=O) groups excluding carboxylic acids is 1. The van der Waals surface area contributed by atoms with Crippen molar-refractivity contribution < 1.29 is 4.79 Å². The van der Waals surface area contributed by atoms with Crippen LogP contribution >= 0.6 is 0 Å². The first-order valence-electron chi connectivity index (χ1n) is 11.6. The molecule has 5 nitrogen and oxygen atoms in total. The standard InChI is InChI=1S/C28H28N4O/c1-2-23(21-9-4-3-5-10-21)28(33)32-19-17-31(18-20-32)27-16-15-26(29-30-27)25-14-8-12-22-11-6-7-13-24(22)25/h3-16,23H,2,17-20H2,1H3. The van der Waals surface area contributed by atoms with E-state index in [-0.39, 0.29) is 11.8 Å². The van der Waals surface area contributed by atoms with E-state index in [0.717, 1.165) is 42.1 Å². The number of carbonyl (C=O) groups is 1.